The first-order chi connectivity index (χ1) is 13.5. The molecule has 6 nitrogen and oxygen atoms in total. The number of hydrogen-bond acceptors (Lipinski definition) is 5. The maximum atomic E-state index is 12.4. The number of rotatable bonds is 7. The van der Waals surface area contributed by atoms with E-state index in [0.717, 1.165) is 10.9 Å². The molecule has 28 heavy (non-hydrogen) atoms. The Hall–Kier alpha value is -2.83. The summed E-state index contributed by atoms with van der Waals surface area (Å²) in [5, 5.41) is 4.12. The van der Waals surface area contributed by atoms with Crippen LogP contribution in [0.1, 0.15) is 34.6 Å². The topological polar surface area (TPSA) is 77.8 Å². The number of nitrogens with one attached hydrogen (secondary N) is 1. The van der Waals surface area contributed by atoms with Crippen LogP contribution >= 0.6 is 11.6 Å². The van der Waals surface area contributed by atoms with Gasteiger partial charge in [-0.25, -0.2) is 4.79 Å². The van der Waals surface area contributed by atoms with Gasteiger partial charge in [0.2, 0.25) is 5.76 Å². The van der Waals surface area contributed by atoms with Crippen molar-refractivity contribution in [3.8, 4) is 0 Å². The Bertz CT molecular complexity index is 997. The molecule has 1 aromatic heterocycles. The molecule has 0 radical (unpaired) electrons. The molecule has 0 unspecified atom stereocenters. The van der Waals surface area contributed by atoms with E-state index in [4.69, 9.17) is 25.5 Å². The van der Waals surface area contributed by atoms with Crippen molar-refractivity contribution in [2.45, 2.75) is 19.6 Å². The Balaban J connectivity index is 1.64. The molecule has 0 saturated carbocycles. The minimum atomic E-state index is -0.714. The largest absolute Gasteiger partial charge is 0.450 e. The Kier molecular flexibility index (Phi) is 6.34. The molecule has 3 aromatic rings. The summed E-state index contributed by atoms with van der Waals surface area (Å²) in [6, 6.07) is 14.1. The first-order valence-corrected chi connectivity index (χ1v) is 9.08. The molecule has 0 saturated heterocycles. The number of fused-ring (bicyclic) bond motifs is 1. The van der Waals surface area contributed by atoms with Gasteiger partial charge in [0.25, 0.3) is 5.91 Å². The molecule has 0 aliphatic carbocycles. The predicted molar refractivity (Wildman–Crippen MR) is 105 cm³/mol. The summed E-state index contributed by atoms with van der Waals surface area (Å²) in [5.74, 6) is -1.10. The van der Waals surface area contributed by atoms with E-state index < -0.39 is 18.5 Å². The van der Waals surface area contributed by atoms with E-state index in [1.807, 2.05) is 31.2 Å². The van der Waals surface area contributed by atoms with Gasteiger partial charge in [-0.05, 0) is 30.7 Å². The van der Waals surface area contributed by atoms with Gasteiger partial charge >= 0.3 is 5.97 Å². The number of halogens is 1. The van der Waals surface area contributed by atoms with Crippen LogP contribution in [-0.4, -0.2) is 25.6 Å². The van der Waals surface area contributed by atoms with Gasteiger partial charge in [-0.15, -0.1) is 0 Å². The average molecular weight is 402 g/mol. The third-order valence-corrected chi connectivity index (χ3v) is 4.47. The van der Waals surface area contributed by atoms with Gasteiger partial charge in [0.05, 0.1) is 12.6 Å². The van der Waals surface area contributed by atoms with Gasteiger partial charge in [0.1, 0.15) is 5.58 Å². The fourth-order valence-corrected chi connectivity index (χ4v) is 3.09. The number of furan rings is 1. The molecular weight excluding hydrogens is 382 g/mol. The van der Waals surface area contributed by atoms with Crippen molar-refractivity contribution in [2.75, 3.05) is 13.7 Å². The zero-order valence-corrected chi connectivity index (χ0v) is 16.3. The van der Waals surface area contributed by atoms with Crippen molar-refractivity contribution in [1.82, 2.24) is 5.32 Å². The second-order valence-electron chi connectivity index (χ2n) is 6.26. The summed E-state index contributed by atoms with van der Waals surface area (Å²) in [5.41, 5.74) is 2.00. The van der Waals surface area contributed by atoms with Crippen LogP contribution in [0.15, 0.2) is 52.9 Å². The zero-order chi connectivity index (χ0) is 20.1. The second-order valence-corrected chi connectivity index (χ2v) is 6.70. The summed E-state index contributed by atoms with van der Waals surface area (Å²) < 4.78 is 15.9. The normalized spacial score (nSPS) is 12.0. The summed E-state index contributed by atoms with van der Waals surface area (Å²) in [6.07, 6.45) is 0. The highest BCUT2D eigenvalue weighted by Crippen LogP contribution is 2.27. The van der Waals surface area contributed by atoms with Crippen LogP contribution in [0.25, 0.3) is 11.0 Å². The minimum Gasteiger partial charge on any atom is -0.450 e. The smallest absolute Gasteiger partial charge is 0.375 e. The van der Waals surface area contributed by atoms with E-state index in [1.54, 1.807) is 24.3 Å². The highest BCUT2D eigenvalue weighted by Gasteiger charge is 2.22. The Morgan fingerprint density at radius 3 is 2.71 bits per heavy atom. The van der Waals surface area contributed by atoms with E-state index in [1.165, 1.54) is 7.11 Å². The molecule has 1 N–H and O–H groups in total. The monoisotopic (exact) mass is 401 g/mol. The molecule has 0 bridgehead atoms. The number of carbonyl (C=O) groups is 2. The molecule has 2 aromatic carbocycles. The number of ether oxygens (including phenoxy) is 2. The van der Waals surface area contributed by atoms with Crippen molar-refractivity contribution in [1.29, 1.82) is 0 Å². The van der Waals surface area contributed by atoms with Crippen LogP contribution in [0.5, 0.6) is 0 Å². The van der Waals surface area contributed by atoms with Crippen molar-refractivity contribution < 1.29 is 23.5 Å². The lowest BCUT2D eigenvalue weighted by Crippen LogP contribution is -2.31. The van der Waals surface area contributed by atoms with Crippen molar-refractivity contribution in [2.24, 2.45) is 0 Å². The lowest BCUT2D eigenvalue weighted by Gasteiger charge is -2.14. The summed E-state index contributed by atoms with van der Waals surface area (Å²) in [4.78, 5) is 24.6. The molecule has 1 atom stereocenters. The highest BCUT2D eigenvalue weighted by molar-refractivity contribution is 6.30. The van der Waals surface area contributed by atoms with Crippen LogP contribution in [0.2, 0.25) is 5.02 Å². The fourth-order valence-electron chi connectivity index (χ4n) is 2.89. The predicted octanol–water partition coefficient (Wildman–Crippen LogP) is 4.27. The number of amides is 1. The molecule has 1 amide bonds. The molecule has 146 valence electrons. The van der Waals surface area contributed by atoms with Gasteiger partial charge in [0, 0.05) is 23.1 Å². The van der Waals surface area contributed by atoms with Crippen LogP contribution < -0.4 is 5.32 Å². The van der Waals surface area contributed by atoms with Crippen LogP contribution in [0, 0.1) is 0 Å². The summed E-state index contributed by atoms with van der Waals surface area (Å²) in [6.45, 7) is 1.59. The Morgan fingerprint density at radius 1 is 1.18 bits per heavy atom. The van der Waals surface area contributed by atoms with Gasteiger partial charge < -0.3 is 19.2 Å². The molecule has 0 aliphatic rings. The SMILES string of the molecule is COCc1c(C(=O)OCC(=O)N[C@@H](C)c2cccc(Cl)c2)oc2ccccc12. The van der Waals surface area contributed by atoms with Gasteiger partial charge in [-0.2, -0.15) is 0 Å². The molecule has 7 heteroatoms. The number of esters is 1. The number of hydrogen-bond donors (Lipinski definition) is 1. The lowest BCUT2D eigenvalue weighted by molar-refractivity contribution is -0.124. The molecule has 0 spiro atoms. The number of methoxy groups -OCH3 is 1. The molecule has 0 aliphatic heterocycles. The maximum Gasteiger partial charge on any atom is 0.375 e. The third-order valence-electron chi connectivity index (χ3n) is 4.23. The Morgan fingerprint density at radius 2 is 1.96 bits per heavy atom. The van der Waals surface area contributed by atoms with Crippen molar-refractivity contribution in [3.63, 3.8) is 0 Å². The fraction of sp³-hybridized carbons (Fsp3) is 0.238. The third kappa shape index (κ3) is 4.52. The van der Waals surface area contributed by atoms with E-state index in [-0.39, 0.29) is 18.4 Å². The van der Waals surface area contributed by atoms with E-state index in [9.17, 15) is 9.59 Å². The molecule has 3 rings (SSSR count). The van der Waals surface area contributed by atoms with Crippen LogP contribution in [0.3, 0.4) is 0 Å². The lowest BCUT2D eigenvalue weighted by atomic mass is 10.1. The first-order valence-electron chi connectivity index (χ1n) is 8.71. The van der Waals surface area contributed by atoms with Gasteiger partial charge in [-0.1, -0.05) is 41.9 Å². The van der Waals surface area contributed by atoms with E-state index >= 15 is 0 Å². The number of para-hydroxylation sites is 1. The van der Waals surface area contributed by atoms with Crippen LogP contribution in [-0.2, 0) is 20.9 Å². The average Bonchev–Trinajstić information content (AvgIpc) is 3.05. The second kappa shape index (κ2) is 8.91. The zero-order valence-electron chi connectivity index (χ0n) is 15.5. The minimum absolute atomic E-state index is 0.0405. The molecular formula is C21H20ClNO5. The van der Waals surface area contributed by atoms with Gasteiger partial charge in [-0.3, -0.25) is 4.79 Å². The summed E-state index contributed by atoms with van der Waals surface area (Å²) >= 11 is 5.97. The molecule has 1 heterocycles. The summed E-state index contributed by atoms with van der Waals surface area (Å²) in [7, 11) is 1.53. The first kappa shape index (κ1) is 19.9. The quantitative estimate of drug-likeness (QED) is 0.598. The van der Waals surface area contributed by atoms with E-state index in [2.05, 4.69) is 5.32 Å². The highest BCUT2D eigenvalue weighted by atomic mass is 35.5. The number of carbonyl (C=O) groups excluding carboxylic acids is 2. The van der Waals surface area contributed by atoms with Crippen molar-refractivity contribution >= 4 is 34.4 Å². The van der Waals surface area contributed by atoms with E-state index in [0.29, 0.717) is 16.2 Å². The van der Waals surface area contributed by atoms with Crippen LogP contribution in [0.4, 0.5) is 0 Å². The van der Waals surface area contributed by atoms with Gasteiger partial charge in [0.15, 0.2) is 6.61 Å². The van der Waals surface area contributed by atoms with Crippen molar-refractivity contribution in [3.05, 3.63) is 70.4 Å². The number of benzene rings is 2. The Labute approximate surface area is 167 Å². The standard InChI is InChI=1S/C21H20ClNO5/c1-13(14-6-5-7-15(22)10-14)23-19(24)12-27-21(25)20-17(11-26-2)16-8-3-4-9-18(16)28-20/h3-10,13H,11-12H2,1-2H3,(H,23,24)/t13-/m0/s1. The molecule has 0 fully saturated rings. The maximum absolute atomic E-state index is 12.4.